The summed E-state index contributed by atoms with van der Waals surface area (Å²) in [6.45, 7) is 1.96. The highest BCUT2D eigenvalue weighted by molar-refractivity contribution is 5.86. The summed E-state index contributed by atoms with van der Waals surface area (Å²) in [5.41, 5.74) is 5.51. The highest BCUT2D eigenvalue weighted by atomic mass is 16.4. The van der Waals surface area contributed by atoms with E-state index in [4.69, 9.17) is 10.8 Å². The number of amides is 1. The summed E-state index contributed by atoms with van der Waals surface area (Å²) in [5, 5.41) is 11.4. The summed E-state index contributed by atoms with van der Waals surface area (Å²) in [7, 11) is 0. The molecule has 4 N–H and O–H groups in total. The molecule has 2 atom stereocenters. The van der Waals surface area contributed by atoms with Crippen LogP contribution in [0.25, 0.3) is 0 Å². The van der Waals surface area contributed by atoms with Crippen LogP contribution in [0.15, 0.2) is 0 Å². The normalized spacial score (nSPS) is 20.1. The first-order valence-electron chi connectivity index (χ1n) is 6.76. The van der Waals surface area contributed by atoms with Gasteiger partial charge in [-0.25, -0.2) is 0 Å². The monoisotopic (exact) mass is 256 g/mol. The third-order valence-electron chi connectivity index (χ3n) is 3.53. The fraction of sp³-hybridized carbons (Fsp3) is 0.846. The Bertz CT molecular complexity index is 288. The molecule has 5 heteroatoms. The maximum atomic E-state index is 11.6. The van der Waals surface area contributed by atoms with Gasteiger partial charge >= 0.3 is 5.97 Å². The molecule has 0 spiro atoms. The van der Waals surface area contributed by atoms with E-state index in [1.807, 2.05) is 6.92 Å². The average molecular weight is 256 g/mol. The van der Waals surface area contributed by atoms with Gasteiger partial charge in [-0.2, -0.15) is 0 Å². The van der Waals surface area contributed by atoms with E-state index in [9.17, 15) is 9.59 Å². The zero-order valence-corrected chi connectivity index (χ0v) is 11.0. The average Bonchev–Trinajstić information content (AvgIpc) is 2.29. The van der Waals surface area contributed by atoms with Gasteiger partial charge in [0.25, 0.3) is 0 Å². The molecule has 0 bridgehead atoms. The molecular formula is C13H24N2O3. The molecule has 1 fully saturated rings. The summed E-state index contributed by atoms with van der Waals surface area (Å²) in [6.07, 6.45) is 7.00. The SMILES string of the molecule is C[C@@H](CC1CCCCC1)NC(=O)[C@H](N)CC(=O)O. The third kappa shape index (κ3) is 5.49. The van der Waals surface area contributed by atoms with Gasteiger partial charge in [0.1, 0.15) is 0 Å². The van der Waals surface area contributed by atoms with Crippen LogP contribution < -0.4 is 11.1 Å². The number of aliphatic carboxylic acids is 1. The minimum absolute atomic E-state index is 0.0699. The maximum absolute atomic E-state index is 11.6. The quantitative estimate of drug-likeness (QED) is 0.667. The van der Waals surface area contributed by atoms with Gasteiger partial charge in [-0.3, -0.25) is 9.59 Å². The smallest absolute Gasteiger partial charge is 0.305 e. The van der Waals surface area contributed by atoms with Crippen LogP contribution in [0.1, 0.15) is 51.9 Å². The van der Waals surface area contributed by atoms with E-state index in [0.29, 0.717) is 5.92 Å². The van der Waals surface area contributed by atoms with Crippen LogP contribution in [-0.4, -0.2) is 29.1 Å². The topological polar surface area (TPSA) is 92.4 Å². The Morgan fingerprint density at radius 1 is 1.33 bits per heavy atom. The lowest BCUT2D eigenvalue weighted by molar-refractivity contribution is -0.139. The molecular weight excluding hydrogens is 232 g/mol. The van der Waals surface area contributed by atoms with Crippen molar-refractivity contribution in [3.8, 4) is 0 Å². The first-order valence-corrected chi connectivity index (χ1v) is 6.76. The Labute approximate surface area is 108 Å². The standard InChI is InChI=1S/C13H24N2O3/c1-9(7-10-5-3-2-4-6-10)15-13(18)11(14)8-12(16)17/h9-11H,2-8,14H2,1H3,(H,15,18)(H,16,17)/t9-,11+/m0/s1. The fourth-order valence-electron chi connectivity index (χ4n) is 2.61. The fourth-order valence-corrected chi connectivity index (χ4v) is 2.61. The number of carboxylic acid groups (broad SMARTS) is 1. The molecule has 1 aliphatic rings. The molecule has 0 aliphatic heterocycles. The van der Waals surface area contributed by atoms with Crippen molar-refractivity contribution in [3.05, 3.63) is 0 Å². The Balaban J connectivity index is 2.27. The van der Waals surface area contributed by atoms with Crippen molar-refractivity contribution in [2.24, 2.45) is 11.7 Å². The molecule has 1 rings (SSSR count). The predicted octanol–water partition coefficient (Wildman–Crippen LogP) is 1.26. The van der Waals surface area contributed by atoms with Crippen LogP contribution in [0.5, 0.6) is 0 Å². The van der Waals surface area contributed by atoms with E-state index in [-0.39, 0.29) is 18.4 Å². The van der Waals surface area contributed by atoms with Crippen LogP contribution in [0, 0.1) is 5.92 Å². The van der Waals surface area contributed by atoms with Gasteiger partial charge in [0.15, 0.2) is 0 Å². The Hall–Kier alpha value is -1.10. The zero-order chi connectivity index (χ0) is 13.5. The highest BCUT2D eigenvalue weighted by Gasteiger charge is 2.21. The van der Waals surface area contributed by atoms with Gasteiger partial charge in [-0.05, 0) is 19.3 Å². The third-order valence-corrected chi connectivity index (χ3v) is 3.53. The van der Waals surface area contributed by atoms with Crippen LogP contribution in [0.2, 0.25) is 0 Å². The minimum atomic E-state index is -1.04. The number of carbonyl (C=O) groups is 2. The molecule has 18 heavy (non-hydrogen) atoms. The highest BCUT2D eigenvalue weighted by Crippen LogP contribution is 2.27. The second-order valence-corrected chi connectivity index (χ2v) is 5.35. The molecule has 0 unspecified atom stereocenters. The van der Waals surface area contributed by atoms with E-state index in [1.54, 1.807) is 0 Å². The molecule has 0 aromatic heterocycles. The molecule has 1 amide bonds. The van der Waals surface area contributed by atoms with Crippen LogP contribution in [-0.2, 0) is 9.59 Å². The molecule has 0 aromatic carbocycles. The van der Waals surface area contributed by atoms with Gasteiger partial charge in [-0.1, -0.05) is 32.1 Å². The number of carboxylic acids is 1. The second kappa shape index (κ2) is 7.36. The number of hydrogen-bond acceptors (Lipinski definition) is 3. The van der Waals surface area contributed by atoms with Gasteiger partial charge in [0.05, 0.1) is 12.5 Å². The molecule has 1 aliphatic carbocycles. The summed E-state index contributed by atoms with van der Waals surface area (Å²) < 4.78 is 0. The Kier molecular flexibility index (Phi) is 6.12. The predicted molar refractivity (Wildman–Crippen MR) is 69.0 cm³/mol. The maximum Gasteiger partial charge on any atom is 0.305 e. The van der Waals surface area contributed by atoms with E-state index < -0.39 is 12.0 Å². The Morgan fingerprint density at radius 3 is 2.50 bits per heavy atom. The molecule has 104 valence electrons. The van der Waals surface area contributed by atoms with E-state index >= 15 is 0 Å². The number of nitrogens with two attached hydrogens (primary N) is 1. The van der Waals surface area contributed by atoms with Crippen molar-refractivity contribution in [1.29, 1.82) is 0 Å². The largest absolute Gasteiger partial charge is 0.481 e. The number of carbonyl (C=O) groups excluding carboxylic acids is 1. The van der Waals surface area contributed by atoms with Crippen molar-refractivity contribution in [3.63, 3.8) is 0 Å². The lowest BCUT2D eigenvalue weighted by Crippen LogP contribution is -2.45. The van der Waals surface area contributed by atoms with Crippen molar-refractivity contribution >= 4 is 11.9 Å². The molecule has 0 aromatic rings. The summed E-state index contributed by atoms with van der Waals surface area (Å²) in [6, 6.07) is -0.878. The van der Waals surface area contributed by atoms with Crippen LogP contribution in [0.4, 0.5) is 0 Å². The number of nitrogens with one attached hydrogen (secondary N) is 1. The van der Waals surface area contributed by atoms with Crippen molar-refractivity contribution in [2.75, 3.05) is 0 Å². The van der Waals surface area contributed by atoms with E-state index in [2.05, 4.69) is 5.32 Å². The summed E-state index contributed by atoms with van der Waals surface area (Å²) in [4.78, 5) is 22.1. The molecule has 1 saturated carbocycles. The van der Waals surface area contributed by atoms with Crippen molar-refractivity contribution < 1.29 is 14.7 Å². The number of rotatable bonds is 6. The molecule has 0 heterocycles. The summed E-state index contributed by atoms with van der Waals surface area (Å²) in [5.74, 6) is -0.719. The van der Waals surface area contributed by atoms with Gasteiger partial charge in [0, 0.05) is 6.04 Å². The van der Waals surface area contributed by atoms with E-state index in [0.717, 1.165) is 6.42 Å². The minimum Gasteiger partial charge on any atom is -0.481 e. The van der Waals surface area contributed by atoms with Crippen LogP contribution >= 0.6 is 0 Å². The lowest BCUT2D eigenvalue weighted by Gasteiger charge is -2.25. The van der Waals surface area contributed by atoms with E-state index in [1.165, 1.54) is 32.1 Å². The lowest BCUT2D eigenvalue weighted by atomic mass is 9.85. The van der Waals surface area contributed by atoms with Gasteiger partial charge in [-0.15, -0.1) is 0 Å². The molecule has 0 saturated heterocycles. The first kappa shape index (κ1) is 15.0. The first-order chi connectivity index (χ1) is 8.49. The zero-order valence-electron chi connectivity index (χ0n) is 11.0. The second-order valence-electron chi connectivity index (χ2n) is 5.35. The summed E-state index contributed by atoms with van der Waals surface area (Å²) >= 11 is 0. The van der Waals surface area contributed by atoms with Gasteiger partial charge < -0.3 is 16.2 Å². The van der Waals surface area contributed by atoms with Crippen molar-refractivity contribution in [2.45, 2.75) is 64.0 Å². The Morgan fingerprint density at radius 2 is 1.94 bits per heavy atom. The van der Waals surface area contributed by atoms with Crippen LogP contribution in [0.3, 0.4) is 0 Å². The van der Waals surface area contributed by atoms with Crippen molar-refractivity contribution in [1.82, 2.24) is 5.32 Å². The molecule has 0 radical (unpaired) electrons. The molecule has 5 nitrogen and oxygen atoms in total. The number of hydrogen-bond donors (Lipinski definition) is 3. The van der Waals surface area contributed by atoms with Gasteiger partial charge in [0.2, 0.25) is 5.91 Å².